The Morgan fingerprint density at radius 3 is 2.73 bits per heavy atom. The van der Waals surface area contributed by atoms with Crippen LogP contribution in [0.15, 0.2) is 42.1 Å². The number of phenolic OH excluding ortho intramolecular Hbond substituents is 1. The number of hydrogen-bond donors (Lipinski definition) is 2. The van der Waals surface area contributed by atoms with Crippen LogP contribution in [-0.2, 0) is 9.53 Å². The summed E-state index contributed by atoms with van der Waals surface area (Å²) in [5.74, 6) is -0.229. The monoisotopic (exact) mass is 360 g/mol. The van der Waals surface area contributed by atoms with Gasteiger partial charge in [-0.2, -0.15) is 0 Å². The van der Waals surface area contributed by atoms with Gasteiger partial charge in [0.2, 0.25) is 0 Å². The number of hydrogen-bond acceptors (Lipinski definition) is 5. The van der Waals surface area contributed by atoms with Crippen molar-refractivity contribution in [1.29, 1.82) is 0 Å². The second-order valence-electron chi connectivity index (χ2n) is 5.66. The van der Waals surface area contributed by atoms with Gasteiger partial charge in [0.15, 0.2) is 11.5 Å². The maximum atomic E-state index is 12.6. The van der Waals surface area contributed by atoms with Crippen molar-refractivity contribution in [3.8, 4) is 11.5 Å². The van der Waals surface area contributed by atoms with Crippen LogP contribution < -0.4 is 10.1 Å². The Morgan fingerprint density at radius 2 is 2.12 bits per heavy atom. The molecule has 0 spiro atoms. The Labute approximate surface area is 152 Å². The lowest BCUT2D eigenvalue weighted by Gasteiger charge is -2.35. The van der Waals surface area contributed by atoms with Crippen molar-refractivity contribution in [2.75, 3.05) is 19.8 Å². The van der Waals surface area contributed by atoms with Gasteiger partial charge in [-0.15, -0.1) is 6.58 Å². The van der Waals surface area contributed by atoms with Crippen LogP contribution in [-0.4, -0.2) is 41.8 Å². The van der Waals surface area contributed by atoms with Crippen LogP contribution in [0.3, 0.4) is 0 Å². The quantitative estimate of drug-likeness (QED) is 0.577. The van der Waals surface area contributed by atoms with Gasteiger partial charge in [0.25, 0.3) is 0 Å². The fourth-order valence-electron chi connectivity index (χ4n) is 2.83. The van der Waals surface area contributed by atoms with Gasteiger partial charge < -0.3 is 19.9 Å². The summed E-state index contributed by atoms with van der Waals surface area (Å²) in [6.07, 6.45) is 1.58. The molecule has 1 atom stereocenters. The number of aromatic hydroxyl groups is 1. The number of phenols is 1. The Hall–Kier alpha value is -2.96. The first kappa shape index (κ1) is 19.4. The number of nitrogens with zero attached hydrogens (tertiary/aromatic N) is 1. The van der Waals surface area contributed by atoms with Crippen LogP contribution in [0.25, 0.3) is 0 Å². The Balaban J connectivity index is 2.54. The molecule has 1 aromatic rings. The van der Waals surface area contributed by atoms with Gasteiger partial charge in [-0.05, 0) is 38.5 Å². The van der Waals surface area contributed by atoms with Gasteiger partial charge in [0.1, 0.15) is 0 Å². The Bertz CT molecular complexity index is 741. The maximum absolute atomic E-state index is 12.6. The van der Waals surface area contributed by atoms with Crippen molar-refractivity contribution in [2.24, 2.45) is 0 Å². The molecular formula is C19H24N2O5. The predicted octanol–water partition coefficient (Wildman–Crippen LogP) is 2.88. The molecule has 1 heterocycles. The highest BCUT2D eigenvalue weighted by Gasteiger charge is 2.36. The van der Waals surface area contributed by atoms with E-state index in [9.17, 15) is 14.7 Å². The number of carbonyl (C=O) groups excluding carboxylic acids is 2. The average Bonchev–Trinajstić information content (AvgIpc) is 2.60. The zero-order chi connectivity index (χ0) is 19.3. The lowest BCUT2D eigenvalue weighted by atomic mass is 9.94. The van der Waals surface area contributed by atoms with Crippen molar-refractivity contribution >= 4 is 12.0 Å². The molecule has 2 N–H and O–H groups in total. The van der Waals surface area contributed by atoms with Gasteiger partial charge in [0.05, 0.1) is 24.8 Å². The summed E-state index contributed by atoms with van der Waals surface area (Å²) in [6, 6.07) is 3.67. The van der Waals surface area contributed by atoms with Gasteiger partial charge in [-0.25, -0.2) is 9.59 Å². The second-order valence-corrected chi connectivity index (χ2v) is 5.66. The molecule has 7 nitrogen and oxygen atoms in total. The molecule has 1 unspecified atom stereocenters. The summed E-state index contributed by atoms with van der Waals surface area (Å²) >= 11 is 0. The van der Waals surface area contributed by atoms with E-state index in [0.29, 0.717) is 23.4 Å². The molecule has 7 heteroatoms. The molecule has 140 valence electrons. The zero-order valence-electron chi connectivity index (χ0n) is 15.2. The van der Waals surface area contributed by atoms with Crippen molar-refractivity contribution in [3.05, 3.63) is 47.7 Å². The number of benzene rings is 1. The molecule has 2 amide bonds. The zero-order valence-corrected chi connectivity index (χ0v) is 15.2. The van der Waals surface area contributed by atoms with Gasteiger partial charge >= 0.3 is 12.0 Å². The van der Waals surface area contributed by atoms with Gasteiger partial charge in [0, 0.05) is 12.2 Å². The number of allylic oxidation sites excluding steroid dienone is 1. The van der Waals surface area contributed by atoms with Crippen LogP contribution in [0.1, 0.15) is 32.4 Å². The fraction of sp³-hybridized carbons (Fsp3) is 0.368. The molecule has 0 saturated heterocycles. The Kier molecular flexibility index (Phi) is 6.27. The van der Waals surface area contributed by atoms with Crippen molar-refractivity contribution in [1.82, 2.24) is 10.2 Å². The minimum absolute atomic E-state index is 0.00981. The van der Waals surface area contributed by atoms with E-state index in [-0.39, 0.29) is 30.7 Å². The van der Waals surface area contributed by atoms with Crippen LogP contribution in [0.5, 0.6) is 11.5 Å². The van der Waals surface area contributed by atoms with E-state index in [0.717, 1.165) is 0 Å². The number of urea groups is 1. The molecule has 1 aliphatic rings. The summed E-state index contributed by atoms with van der Waals surface area (Å²) in [5, 5.41) is 12.7. The van der Waals surface area contributed by atoms with Gasteiger partial charge in [-0.3, -0.25) is 4.90 Å². The molecule has 0 fully saturated rings. The van der Waals surface area contributed by atoms with E-state index in [1.807, 2.05) is 0 Å². The van der Waals surface area contributed by atoms with Crippen molar-refractivity contribution in [3.63, 3.8) is 0 Å². The number of nitrogens with one attached hydrogen (secondary N) is 1. The summed E-state index contributed by atoms with van der Waals surface area (Å²) in [5.41, 5.74) is 1.45. The SMILES string of the molecule is C=CCN1C(=O)NC(c2ccc(O)c(OCC)c2)C(C(=O)OCC)=C1C. The van der Waals surface area contributed by atoms with Gasteiger partial charge in [-0.1, -0.05) is 12.1 Å². The average molecular weight is 360 g/mol. The molecule has 0 aromatic heterocycles. The van der Waals surface area contributed by atoms with Crippen LogP contribution in [0.4, 0.5) is 4.79 Å². The van der Waals surface area contributed by atoms with E-state index in [2.05, 4.69) is 11.9 Å². The van der Waals surface area contributed by atoms with Crippen LogP contribution in [0.2, 0.25) is 0 Å². The summed E-state index contributed by atoms with van der Waals surface area (Å²) in [6.45, 7) is 9.73. The first-order chi connectivity index (χ1) is 12.4. The summed E-state index contributed by atoms with van der Waals surface area (Å²) in [4.78, 5) is 26.5. The number of amides is 2. The topological polar surface area (TPSA) is 88.1 Å². The molecule has 1 aromatic carbocycles. The van der Waals surface area contributed by atoms with E-state index >= 15 is 0 Å². The minimum Gasteiger partial charge on any atom is -0.504 e. The largest absolute Gasteiger partial charge is 0.504 e. The van der Waals surface area contributed by atoms with E-state index in [4.69, 9.17) is 9.47 Å². The summed E-state index contributed by atoms with van der Waals surface area (Å²) < 4.78 is 10.6. The predicted molar refractivity (Wildman–Crippen MR) is 96.8 cm³/mol. The number of ether oxygens (including phenoxy) is 2. The molecule has 2 rings (SSSR count). The lowest BCUT2D eigenvalue weighted by Crippen LogP contribution is -2.48. The third-order valence-electron chi connectivity index (χ3n) is 4.02. The third kappa shape index (κ3) is 3.82. The fourth-order valence-corrected chi connectivity index (χ4v) is 2.83. The van der Waals surface area contributed by atoms with Crippen LogP contribution >= 0.6 is 0 Å². The number of carbonyl (C=O) groups is 2. The Morgan fingerprint density at radius 1 is 1.38 bits per heavy atom. The van der Waals surface area contributed by atoms with E-state index < -0.39 is 12.0 Å². The highest BCUT2D eigenvalue weighted by atomic mass is 16.5. The molecule has 0 radical (unpaired) electrons. The molecule has 0 saturated carbocycles. The van der Waals surface area contributed by atoms with E-state index in [1.165, 1.54) is 11.0 Å². The first-order valence-electron chi connectivity index (χ1n) is 8.47. The van der Waals surface area contributed by atoms with Crippen molar-refractivity contribution < 1.29 is 24.2 Å². The normalized spacial score (nSPS) is 17.0. The number of rotatable bonds is 7. The van der Waals surface area contributed by atoms with Crippen LogP contribution in [0, 0.1) is 0 Å². The van der Waals surface area contributed by atoms with Crippen molar-refractivity contribution in [2.45, 2.75) is 26.8 Å². The molecule has 26 heavy (non-hydrogen) atoms. The third-order valence-corrected chi connectivity index (χ3v) is 4.02. The highest BCUT2D eigenvalue weighted by Crippen LogP contribution is 2.35. The highest BCUT2D eigenvalue weighted by molar-refractivity contribution is 5.95. The van der Waals surface area contributed by atoms with E-state index in [1.54, 1.807) is 39.0 Å². The molecule has 0 bridgehead atoms. The summed E-state index contributed by atoms with van der Waals surface area (Å²) in [7, 11) is 0. The lowest BCUT2D eigenvalue weighted by molar-refractivity contribution is -0.139. The molecule has 0 aliphatic carbocycles. The first-order valence-corrected chi connectivity index (χ1v) is 8.47. The minimum atomic E-state index is -0.706. The molecular weight excluding hydrogens is 336 g/mol. The molecule has 1 aliphatic heterocycles. The second kappa shape index (κ2) is 8.42. The maximum Gasteiger partial charge on any atom is 0.338 e. The smallest absolute Gasteiger partial charge is 0.338 e. The number of esters is 1. The standard InChI is InChI=1S/C19H24N2O5/c1-5-10-21-12(4)16(18(23)26-7-3)17(20-19(21)24)13-8-9-14(22)15(11-13)25-6-2/h5,8-9,11,17,22H,1,6-7,10H2,2-4H3,(H,20,24).